The van der Waals surface area contributed by atoms with E-state index < -0.39 is 0 Å². The Bertz CT molecular complexity index is 1460. The average Bonchev–Trinajstić information content (AvgIpc) is 2.86. The number of benzene rings is 4. The van der Waals surface area contributed by atoms with Crippen LogP contribution in [0, 0.1) is 6.92 Å². The van der Waals surface area contributed by atoms with Crippen molar-refractivity contribution in [2.75, 3.05) is 5.43 Å². The van der Waals surface area contributed by atoms with Crippen molar-refractivity contribution in [2.24, 2.45) is 5.10 Å². The van der Waals surface area contributed by atoms with Gasteiger partial charge in [0.05, 0.1) is 22.3 Å². The third-order valence-corrected chi connectivity index (χ3v) is 5.49. The van der Waals surface area contributed by atoms with Gasteiger partial charge in [0.1, 0.15) is 0 Å². The van der Waals surface area contributed by atoms with E-state index in [1.807, 2.05) is 110 Å². The van der Waals surface area contributed by atoms with Crippen LogP contribution in [0.2, 0.25) is 0 Å². The molecule has 5 nitrogen and oxygen atoms in total. The zero-order valence-electron chi connectivity index (χ0n) is 18.1. The Labute approximate surface area is 191 Å². The second-order valence-corrected chi connectivity index (χ2v) is 7.68. The minimum atomic E-state index is -0.145. The molecule has 5 heteroatoms. The van der Waals surface area contributed by atoms with Crippen molar-refractivity contribution < 1.29 is 0 Å². The molecule has 0 spiro atoms. The monoisotopic (exact) mass is 430 g/mol. The fourth-order valence-corrected chi connectivity index (χ4v) is 3.84. The van der Waals surface area contributed by atoms with E-state index in [1.165, 1.54) is 0 Å². The molecule has 0 unspecified atom stereocenters. The fourth-order valence-electron chi connectivity index (χ4n) is 3.84. The van der Waals surface area contributed by atoms with Crippen LogP contribution in [0.25, 0.3) is 16.6 Å². The van der Waals surface area contributed by atoms with Crippen molar-refractivity contribution in [2.45, 2.75) is 6.92 Å². The highest BCUT2D eigenvalue weighted by molar-refractivity contribution is 6.13. The first-order valence-corrected chi connectivity index (χ1v) is 10.7. The Morgan fingerprint density at radius 2 is 1.33 bits per heavy atom. The summed E-state index contributed by atoms with van der Waals surface area (Å²) >= 11 is 0. The summed E-state index contributed by atoms with van der Waals surface area (Å²) in [6, 6.07) is 35.0. The standard InChI is InChI=1S/C28H22N4O/c1-20-12-8-11-19-25(20)32-27(33)23-17-9-10-18-24(23)29-28(32)31-30-26(21-13-4-2-5-14-21)22-15-6-3-7-16-22/h2-19H,1H3,(H,29,31). The molecule has 1 aromatic heterocycles. The van der Waals surface area contributed by atoms with E-state index in [0.29, 0.717) is 16.9 Å². The summed E-state index contributed by atoms with van der Waals surface area (Å²) in [4.78, 5) is 18.3. The number of hydrazone groups is 1. The quantitative estimate of drug-likeness (QED) is 0.293. The molecule has 0 aliphatic heterocycles. The van der Waals surface area contributed by atoms with Crippen molar-refractivity contribution in [3.63, 3.8) is 0 Å². The third-order valence-electron chi connectivity index (χ3n) is 5.49. The molecule has 1 heterocycles. The van der Waals surface area contributed by atoms with Gasteiger partial charge in [-0.15, -0.1) is 0 Å². The number of para-hydroxylation sites is 2. The van der Waals surface area contributed by atoms with Gasteiger partial charge in [-0.05, 0) is 30.7 Å². The minimum absolute atomic E-state index is 0.145. The number of aromatic nitrogens is 2. The Morgan fingerprint density at radius 3 is 2.00 bits per heavy atom. The molecular formula is C28H22N4O. The maximum absolute atomic E-state index is 13.5. The van der Waals surface area contributed by atoms with Gasteiger partial charge in [0.25, 0.3) is 5.56 Å². The highest BCUT2D eigenvalue weighted by Crippen LogP contribution is 2.20. The van der Waals surface area contributed by atoms with Gasteiger partial charge in [0.15, 0.2) is 0 Å². The summed E-state index contributed by atoms with van der Waals surface area (Å²) < 4.78 is 1.59. The molecule has 0 atom stereocenters. The van der Waals surface area contributed by atoms with Gasteiger partial charge < -0.3 is 0 Å². The van der Waals surface area contributed by atoms with E-state index in [9.17, 15) is 4.79 Å². The first kappa shape index (κ1) is 20.4. The normalized spacial score (nSPS) is 10.7. The molecule has 33 heavy (non-hydrogen) atoms. The van der Waals surface area contributed by atoms with Crippen molar-refractivity contribution in [3.05, 3.63) is 136 Å². The van der Waals surface area contributed by atoms with E-state index in [0.717, 1.165) is 28.1 Å². The van der Waals surface area contributed by atoms with Gasteiger partial charge in [-0.2, -0.15) is 5.10 Å². The molecule has 0 radical (unpaired) electrons. The first-order valence-electron chi connectivity index (χ1n) is 10.7. The van der Waals surface area contributed by atoms with Crippen LogP contribution in [-0.4, -0.2) is 15.3 Å². The molecule has 160 valence electrons. The van der Waals surface area contributed by atoms with Crippen LogP contribution >= 0.6 is 0 Å². The molecule has 0 bridgehead atoms. The second-order valence-electron chi connectivity index (χ2n) is 7.68. The number of anilines is 1. The van der Waals surface area contributed by atoms with Crippen molar-refractivity contribution in [3.8, 4) is 5.69 Å². The van der Waals surface area contributed by atoms with Crippen LogP contribution in [0.15, 0.2) is 119 Å². The molecule has 5 aromatic rings. The molecule has 0 aliphatic rings. The lowest BCUT2D eigenvalue weighted by atomic mass is 10.0. The number of hydrogen-bond donors (Lipinski definition) is 1. The van der Waals surface area contributed by atoms with Crippen LogP contribution in [0.4, 0.5) is 5.95 Å². The lowest BCUT2D eigenvalue weighted by Gasteiger charge is -2.15. The van der Waals surface area contributed by atoms with Gasteiger partial charge >= 0.3 is 0 Å². The lowest BCUT2D eigenvalue weighted by molar-refractivity contribution is 0.946. The molecule has 0 saturated carbocycles. The summed E-state index contributed by atoms with van der Waals surface area (Å²) in [5.41, 5.74) is 7.99. The zero-order valence-corrected chi connectivity index (χ0v) is 18.1. The predicted octanol–water partition coefficient (Wildman–Crippen LogP) is 5.56. The number of fused-ring (bicyclic) bond motifs is 1. The summed E-state index contributed by atoms with van der Waals surface area (Å²) in [6.07, 6.45) is 0. The van der Waals surface area contributed by atoms with Gasteiger partial charge in [-0.3, -0.25) is 4.79 Å². The van der Waals surface area contributed by atoms with Crippen LogP contribution in [0.5, 0.6) is 0 Å². The topological polar surface area (TPSA) is 59.3 Å². The maximum atomic E-state index is 13.5. The number of hydrogen-bond acceptors (Lipinski definition) is 4. The smallest absolute Gasteiger partial charge is 0.267 e. The van der Waals surface area contributed by atoms with Crippen LogP contribution in [0.3, 0.4) is 0 Å². The van der Waals surface area contributed by atoms with Crippen LogP contribution in [0.1, 0.15) is 16.7 Å². The molecular weight excluding hydrogens is 408 g/mol. The molecule has 5 rings (SSSR count). The third kappa shape index (κ3) is 4.04. The Kier molecular flexibility index (Phi) is 5.52. The summed E-state index contributed by atoms with van der Waals surface area (Å²) in [5.74, 6) is 0.359. The van der Waals surface area contributed by atoms with Gasteiger partial charge in [-0.25, -0.2) is 15.0 Å². The van der Waals surface area contributed by atoms with Crippen molar-refractivity contribution >= 4 is 22.6 Å². The Balaban J connectivity index is 1.71. The predicted molar refractivity (Wildman–Crippen MR) is 134 cm³/mol. The zero-order chi connectivity index (χ0) is 22.6. The number of nitrogens with zero attached hydrogens (tertiary/aromatic N) is 3. The highest BCUT2D eigenvalue weighted by atomic mass is 16.1. The molecule has 1 N–H and O–H groups in total. The van der Waals surface area contributed by atoms with Gasteiger partial charge in [-0.1, -0.05) is 91.0 Å². The minimum Gasteiger partial charge on any atom is -0.268 e. The van der Waals surface area contributed by atoms with Gasteiger partial charge in [0, 0.05) is 11.1 Å². The number of nitrogens with one attached hydrogen (secondary N) is 1. The number of rotatable bonds is 5. The first-order chi connectivity index (χ1) is 16.2. The van der Waals surface area contributed by atoms with E-state index >= 15 is 0 Å². The summed E-state index contributed by atoms with van der Waals surface area (Å²) in [6.45, 7) is 1.98. The fraction of sp³-hybridized carbons (Fsp3) is 0.0357. The molecule has 0 aliphatic carbocycles. The summed E-state index contributed by atoms with van der Waals surface area (Å²) in [7, 11) is 0. The molecule has 0 amide bonds. The van der Waals surface area contributed by atoms with E-state index in [-0.39, 0.29) is 5.56 Å². The lowest BCUT2D eigenvalue weighted by Crippen LogP contribution is -2.23. The average molecular weight is 431 g/mol. The van der Waals surface area contributed by atoms with E-state index in [1.54, 1.807) is 10.6 Å². The highest BCUT2D eigenvalue weighted by Gasteiger charge is 2.15. The maximum Gasteiger partial charge on any atom is 0.267 e. The van der Waals surface area contributed by atoms with Gasteiger partial charge in [0.2, 0.25) is 5.95 Å². The second kappa shape index (κ2) is 8.93. The molecule has 0 fully saturated rings. The SMILES string of the molecule is Cc1ccccc1-n1c(NN=C(c2ccccc2)c2ccccc2)nc2ccccc2c1=O. The van der Waals surface area contributed by atoms with Crippen LogP contribution in [-0.2, 0) is 0 Å². The van der Waals surface area contributed by atoms with Crippen molar-refractivity contribution in [1.82, 2.24) is 9.55 Å². The Morgan fingerprint density at radius 1 is 0.758 bits per heavy atom. The van der Waals surface area contributed by atoms with Crippen molar-refractivity contribution in [1.29, 1.82) is 0 Å². The Hall–Kier alpha value is -4.51. The molecule has 4 aromatic carbocycles. The molecule has 0 saturated heterocycles. The van der Waals surface area contributed by atoms with E-state index in [2.05, 4.69) is 5.43 Å². The number of aryl methyl sites for hydroxylation is 1. The van der Waals surface area contributed by atoms with E-state index in [4.69, 9.17) is 10.1 Å². The van der Waals surface area contributed by atoms with Crippen LogP contribution < -0.4 is 11.0 Å². The summed E-state index contributed by atoms with van der Waals surface area (Å²) in [5, 5.41) is 5.30. The largest absolute Gasteiger partial charge is 0.268 e.